The molecule has 27 heavy (non-hydrogen) atoms. The first-order valence-corrected chi connectivity index (χ1v) is 10.0. The van der Waals surface area contributed by atoms with Crippen LogP contribution in [0.4, 0.5) is 0 Å². The molecule has 0 unspecified atom stereocenters. The molecule has 3 rings (SSSR count). The number of amides is 1. The molecule has 7 heteroatoms. The molecule has 3 aromatic rings. The van der Waals surface area contributed by atoms with Crippen LogP contribution in [-0.2, 0) is 11.3 Å². The number of halogens is 1. The number of nitrogens with zero attached hydrogens (tertiary/aromatic N) is 3. The van der Waals surface area contributed by atoms with Gasteiger partial charge in [0.1, 0.15) is 5.52 Å². The molecule has 0 aliphatic carbocycles. The first-order chi connectivity index (χ1) is 13.0. The molecule has 1 aromatic heterocycles. The van der Waals surface area contributed by atoms with E-state index in [1.807, 2.05) is 67.5 Å². The van der Waals surface area contributed by atoms with Gasteiger partial charge in [-0.15, -0.1) is 0 Å². The van der Waals surface area contributed by atoms with Crippen LogP contribution in [0.5, 0.6) is 0 Å². The van der Waals surface area contributed by atoms with Gasteiger partial charge in [-0.1, -0.05) is 47.6 Å². The fraction of sp³-hybridized carbons (Fsp3) is 0.300. The number of thioether (sulfide) groups is 1. The highest BCUT2D eigenvalue weighted by molar-refractivity contribution is 7.99. The summed E-state index contributed by atoms with van der Waals surface area (Å²) >= 11 is 7.28. The van der Waals surface area contributed by atoms with Crippen molar-refractivity contribution in [2.24, 2.45) is 0 Å². The van der Waals surface area contributed by atoms with Gasteiger partial charge in [-0.05, 0) is 43.9 Å². The summed E-state index contributed by atoms with van der Waals surface area (Å²) in [6.07, 6.45) is 0. The van der Waals surface area contributed by atoms with Crippen molar-refractivity contribution < 1.29 is 9.21 Å². The van der Waals surface area contributed by atoms with Gasteiger partial charge >= 0.3 is 0 Å². The number of benzene rings is 2. The maximum absolute atomic E-state index is 12.8. The molecular weight excluding hydrogens is 382 g/mol. The Bertz CT molecular complexity index is 863. The zero-order valence-electron chi connectivity index (χ0n) is 15.4. The van der Waals surface area contributed by atoms with E-state index in [0.717, 1.165) is 23.2 Å². The molecular formula is C20H22ClN3O2S. The highest BCUT2D eigenvalue weighted by Gasteiger charge is 2.16. The molecule has 0 aliphatic heterocycles. The average Bonchev–Trinajstić information content (AvgIpc) is 3.07. The predicted molar refractivity (Wildman–Crippen MR) is 110 cm³/mol. The third-order valence-corrected chi connectivity index (χ3v) is 5.11. The lowest BCUT2D eigenvalue weighted by atomic mass is 10.2. The minimum atomic E-state index is 0.0547. The molecule has 0 atom stereocenters. The largest absolute Gasteiger partial charge is 0.431 e. The number of hydrogen-bond acceptors (Lipinski definition) is 5. The Morgan fingerprint density at radius 2 is 1.85 bits per heavy atom. The van der Waals surface area contributed by atoms with E-state index >= 15 is 0 Å². The minimum absolute atomic E-state index is 0.0547. The van der Waals surface area contributed by atoms with Crippen molar-refractivity contribution in [3.05, 3.63) is 59.1 Å². The van der Waals surface area contributed by atoms with Crippen LogP contribution in [0.2, 0.25) is 5.02 Å². The molecule has 5 nitrogen and oxygen atoms in total. The van der Waals surface area contributed by atoms with Gasteiger partial charge < -0.3 is 14.2 Å². The maximum atomic E-state index is 12.8. The summed E-state index contributed by atoms with van der Waals surface area (Å²) in [7, 11) is 4.00. The average molecular weight is 404 g/mol. The van der Waals surface area contributed by atoms with Crippen LogP contribution < -0.4 is 0 Å². The molecule has 1 amide bonds. The molecule has 0 spiro atoms. The van der Waals surface area contributed by atoms with Gasteiger partial charge in [0.05, 0.1) is 5.75 Å². The van der Waals surface area contributed by atoms with Crippen LogP contribution >= 0.6 is 23.4 Å². The van der Waals surface area contributed by atoms with Crippen molar-refractivity contribution in [3.8, 4) is 0 Å². The highest BCUT2D eigenvalue weighted by Crippen LogP contribution is 2.23. The third kappa shape index (κ3) is 5.73. The summed E-state index contributed by atoms with van der Waals surface area (Å²) in [4.78, 5) is 21.1. The number of likely N-dealkylation sites (N-methyl/N-ethyl adjacent to an activating group) is 1. The normalized spacial score (nSPS) is 11.3. The Hall–Kier alpha value is -2.02. The standard InChI is InChI=1S/C20H22ClN3O2S/c1-23(2)11-12-24(13-15-7-9-16(21)10-8-15)19(25)14-27-20-22-17-5-3-4-6-18(17)26-20/h3-10H,11-14H2,1-2H3. The number of fused-ring (bicyclic) bond motifs is 1. The molecule has 2 aromatic carbocycles. The zero-order chi connectivity index (χ0) is 19.2. The maximum Gasteiger partial charge on any atom is 0.257 e. The Kier molecular flexibility index (Phi) is 6.77. The second-order valence-electron chi connectivity index (χ2n) is 6.48. The summed E-state index contributed by atoms with van der Waals surface area (Å²) in [5, 5.41) is 1.21. The number of carbonyl (C=O) groups excluding carboxylic acids is 1. The molecule has 142 valence electrons. The molecule has 0 saturated heterocycles. The lowest BCUT2D eigenvalue weighted by molar-refractivity contribution is -0.129. The fourth-order valence-corrected chi connectivity index (χ4v) is 3.42. The van der Waals surface area contributed by atoms with E-state index in [1.165, 1.54) is 11.8 Å². The van der Waals surface area contributed by atoms with E-state index in [2.05, 4.69) is 9.88 Å². The van der Waals surface area contributed by atoms with Crippen molar-refractivity contribution in [1.29, 1.82) is 0 Å². The number of para-hydroxylation sites is 2. The van der Waals surface area contributed by atoms with Gasteiger partial charge in [0.15, 0.2) is 5.58 Å². The Morgan fingerprint density at radius 3 is 2.56 bits per heavy atom. The number of aromatic nitrogens is 1. The molecule has 0 bridgehead atoms. The van der Waals surface area contributed by atoms with Crippen molar-refractivity contribution in [1.82, 2.24) is 14.8 Å². The molecule has 0 saturated carbocycles. The second kappa shape index (κ2) is 9.26. The summed E-state index contributed by atoms with van der Waals surface area (Å²) in [5.41, 5.74) is 2.59. The first kappa shape index (κ1) is 19.7. The topological polar surface area (TPSA) is 49.6 Å². The minimum Gasteiger partial charge on any atom is -0.431 e. The van der Waals surface area contributed by atoms with Crippen LogP contribution in [0, 0.1) is 0 Å². The van der Waals surface area contributed by atoms with Crippen LogP contribution in [-0.4, -0.2) is 53.6 Å². The molecule has 0 N–H and O–H groups in total. The summed E-state index contributed by atoms with van der Waals surface area (Å²) < 4.78 is 5.69. The van der Waals surface area contributed by atoms with E-state index in [9.17, 15) is 4.79 Å². The predicted octanol–water partition coefficient (Wildman–Crippen LogP) is 4.16. The number of hydrogen-bond donors (Lipinski definition) is 0. The van der Waals surface area contributed by atoms with Gasteiger partial charge in [0.2, 0.25) is 5.91 Å². The quantitative estimate of drug-likeness (QED) is 0.528. The van der Waals surface area contributed by atoms with Gasteiger partial charge in [-0.2, -0.15) is 0 Å². The van der Waals surface area contributed by atoms with Crippen molar-refractivity contribution in [2.75, 3.05) is 32.9 Å². The zero-order valence-corrected chi connectivity index (χ0v) is 17.0. The van der Waals surface area contributed by atoms with Gasteiger partial charge in [-0.25, -0.2) is 4.98 Å². The van der Waals surface area contributed by atoms with Crippen molar-refractivity contribution >= 4 is 40.4 Å². The van der Waals surface area contributed by atoms with Crippen molar-refractivity contribution in [2.45, 2.75) is 11.8 Å². The van der Waals surface area contributed by atoms with Crippen LogP contribution in [0.3, 0.4) is 0 Å². The van der Waals surface area contributed by atoms with E-state index in [1.54, 1.807) is 0 Å². The highest BCUT2D eigenvalue weighted by atomic mass is 35.5. The third-order valence-electron chi connectivity index (χ3n) is 4.05. The Labute approximate surface area is 168 Å². The van der Waals surface area contributed by atoms with Crippen LogP contribution in [0.1, 0.15) is 5.56 Å². The van der Waals surface area contributed by atoms with E-state index in [-0.39, 0.29) is 11.7 Å². The Balaban J connectivity index is 1.64. The molecule has 0 fully saturated rings. The molecule has 0 radical (unpaired) electrons. The van der Waals surface area contributed by atoms with Gasteiger partial charge in [0, 0.05) is 24.7 Å². The fourth-order valence-electron chi connectivity index (χ4n) is 2.55. The molecule has 1 heterocycles. The number of rotatable bonds is 8. The summed E-state index contributed by atoms with van der Waals surface area (Å²) in [6.45, 7) is 2.01. The summed E-state index contributed by atoms with van der Waals surface area (Å²) in [5.74, 6) is 0.340. The number of oxazole rings is 1. The molecule has 0 aliphatic rings. The smallest absolute Gasteiger partial charge is 0.257 e. The van der Waals surface area contributed by atoms with Crippen LogP contribution in [0.15, 0.2) is 58.2 Å². The Morgan fingerprint density at radius 1 is 1.11 bits per heavy atom. The monoisotopic (exact) mass is 403 g/mol. The van der Waals surface area contributed by atoms with E-state index in [4.69, 9.17) is 16.0 Å². The van der Waals surface area contributed by atoms with Gasteiger partial charge in [-0.3, -0.25) is 4.79 Å². The van der Waals surface area contributed by atoms with Crippen LogP contribution in [0.25, 0.3) is 11.1 Å². The summed E-state index contributed by atoms with van der Waals surface area (Å²) in [6, 6.07) is 15.2. The van der Waals surface area contributed by atoms with E-state index in [0.29, 0.717) is 23.3 Å². The SMILES string of the molecule is CN(C)CCN(Cc1ccc(Cl)cc1)C(=O)CSc1nc2ccccc2o1. The first-order valence-electron chi connectivity index (χ1n) is 8.66. The lowest BCUT2D eigenvalue weighted by Crippen LogP contribution is -2.37. The van der Waals surface area contributed by atoms with E-state index < -0.39 is 0 Å². The lowest BCUT2D eigenvalue weighted by Gasteiger charge is -2.24. The van der Waals surface area contributed by atoms with Crippen molar-refractivity contribution in [3.63, 3.8) is 0 Å². The number of carbonyl (C=O) groups is 1. The van der Waals surface area contributed by atoms with Gasteiger partial charge in [0.25, 0.3) is 5.22 Å². The second-order valence-corrected chi connectivity index (χ2v) is 7.84.